The first kappa shape index (κ1) is 22.4. The number of amides is 1. The molecule has 8 heteroatoms. The van der Waals surface area contributed by atoms with E-state index in [1.807, 2.05) is 0 Å². The minimum Gasteiger partial charge on any atom is -0.496 e. The van der Waals surface area contributed by atoms with Crippen LogP contribution in [0.15, 0.2) is 36.4 Å². The van der Waals surface area contributed by atoms with E-state index < -0.39 is 11.6 Å². The lowest BCUT2D eigenvalue weighted by molar-refractivity contribution is -0.121. The summed E-state index contributed by atoms with van der Waals surface area (Å²) in [6.07, 6.45) is 0.835. The number of hydrogen-bond donors (Lipinski definition) is 2. The summed E-state index contributed by atoms with van der Waals surface area (Å²) in [5.41, 5.74) is 1.37. The van der Waals surface area contributed by atoms with E-state index in [2.05, 4.69) is 10.6 Å². The summed E-state index contributed by atoms with van der Waals surface area (Å²) < 4.78 is 32.1. The van der Waals surface area contributed by atoms with E-state index in [1.165, 1.54) is 13.2 Å². The number of halogens is 4. The summed E-state index contributed by atoms with van der Waals surface area (Å²) >= 11 is 6.02. The number of hydrogen-bond acceptors (Lipinski definition) is 3. The van der Waals surface area contributed by atoms with Gasteiger partial charge in [0.25, 0.3) is 0 Å². The average Bonchev–Trinajstić information content (AvgIpc) is 2.65. The molecule has 0 aliphatic carbocycles. The Balaban J connectivity index is 0.00000280. The van der Waals surface area contributed by atoms with Gasteiger partial charge in [0.1, 0.15) is 5.75 Å². The van der Waals surface area contributed by atoms with Crippen molar-refractivity contribution in [3.05, 3.63) is 64.2 Å². The fraction of sp³-hybridized carbons (Fsp3) is 0.350. The lowest BCUT2D eigenvalue weighted by atomic mass is 9.86. The molecule has 3 rings (SSSR count). The fourth-order valence-corrected chi connectivity index (χ4v) is 3.66. The Labute approximate surface area is 174 Å². The first-order chi connectivity index (χ1) is 13.0. The molecular weight excluding hydrogens is 409 g/mol. The monoisotopic (exact) mass is 430 g/mol. The van der Waals surface area contributed by atoms with E-state index in [9.17, 15) is 13.6 Å². The molecule has 4 nitrogen and oxygen atoms in total. The summed E-state index contributed by atoms with van der Waals surface area (Å²) in [4.78, 5) is 12.6. The van der Waals surface area contributed by atoms with Crippen LogP contribution in [0.4, 0.5) is 8.78 Å². The second-order valence-corrected chi connectivity index (χ2v) is 7.02. The van der Waals surface area contributed by atoms with Crippen molar-refractivity contribution in [1.29, 1.82) is 0 Å². The van der Waals surface area contributed by atoms with Crippen LogP contribution >= 0.6 is 24.0 Å². The molecule has 152 valence electrons. The molecule has 1 amide bonds. The molecular formula is C20H22Cl2F2N2O2. The molecule has 0 spiro atoms. The minimum absolute atomic E-state index is 0. The van der Waals surface area contributed by atoms with Crippen LogP contribution in [-0.2, 0) is 11.2 Å². The van der Waals surface area contributed by atoms with Crippen LogP contribution in [0.25, 0.3) is 0 Å². The maximum atomic E-state index is 13.6. The van der Waals surface area contributed by atoms with Gasteiger partial charge in [-0.15, -0.1) is 12.4 Å². The van der Waals surface area contributed by atoms with Crippen molar-refractivity contribution in [2.75, 3.05) is 20.2 Å². The maximum absolute atomic E-state index is 13.6. The van der Waals surface area contributed by atoms with Gasteiger partial charge >= 0.3 is 0 Å². The highest BCUT2D eigenvalue weighted by Gasteiger charge is 2.28. The van der Waals surface area contributed by atoms with E-state index in [0.29, 0.717) is 28.4 Å². The zero-order valence-corrected chi connectivity index (χ0v) is 16.9. The van der Waals surface area contributed by atoms with E-state index in [1.54, 1.807) is 24.3 Å². The zero-order valence-electron chi connectivity index (χ0n) is 15.3. The van der Waals surface area contributed by atoms with Gasteiger partial charge in [0.2, 0.25) is 5.91 Å². The van der Waals surface area contributed by atoms with Gasteiger partial charge in [-0.05, 0) is 48.9 Å². The Morgan fingerprint density at radius 3 is 2.75 bits per heavy atom. The lowest BCUT2D eigenvalue weighted by Gasteiger charge is -2.33. The van der Waals surface area contributed by atoms with Gasteiger partial charge in [-0.3, -0.25) is 4.79 Å². The second kappa shape index (κ2) is 10.0. The van der Waals surface area contributed by atoms with Crippen molar-refractivity contribution in [1.82, 2.24) is 10.6 Å². The summed E-state index contributed by atoms with van der Waals surface area (Å²) in [5.74, 6) is -1.43. The summed E-state index contributed by atoms with van der Waals surface area (Å²) in [7, 11) is 1.54. The Bertz CT molecular complexity index is 836. The van der Waals surface area contributed by atoms with Gasteiger partial charge in [0.05, 0.1) is 13.5 Å². The summed E-state index contributed by atoms with van der Waals surface area (Å²) in [6.45, 7) is 1.31. The first-order valence-electron chi connectivity index (χ1n) is 8.75. The molecule has 1 aliphatic rings. The molecule has 0 bridgehead atoms. The van der Waals surface area contributed by atoms with Crippen molar-refractivity contribution >= 4 is 29.9 Å². The molecule has 0 saturated carbocycles. The Morgan fingerprint density at radius 2 is 2.04 bits per heavy atom. The SMILES string of the molecule is COc1ccc(Cl)cc1CC(=O)NC1CNCCC1c1ccc(F)c(F)c1.Cl. The molecule has 0 radical (unpaired) electrons. The molecule has 2 aromatic carbocycles. The van der Waals surface area contributed by atoms with Crippen LogP contribution in [0.5, 0.6) is 5.75 Å². The predicted molar refractivity (Wildman–Crippen MR) is 107 cm³/mol. The number of methoxy groups -OCH3 is 1. The molecule has 2 N–H and O–H groups in total. The smallest absolute Gasteiger partial charge is 0.224 e. The number of piperidine rings is 1. The van der Waals surface area contributed by atoms with E-state index in [-0.39, 0.29) is 36.7 Å². The van der Waals surface area contributed by atoms with Crippen LogP contribution in [0.2, 0.25) is 5.02 Å². The maximum Gasteiger partial charge on any atom is 0.224 e. The van der Waals surface area contributed by atoms with Crippen molar-refractivity contribution in [2.45, 2.75) is 24.8 Å². The number of carbonyl (C=O) groups excluding carboxylic acids is 1. The van der Waals surface area contributed by atoms with Crippen molar-refractivity contribution in [2.24, 2.45) is 0 Å². The van der Waals surface area contributed by atoms with Crippen LogP contribution < -0.4 is 15.4 Å². The topological polar surface area (TPSA) is 50.4 Å². The van der Waals surface area contributed by atoms with Crippen molar-refractivity contribution < 1.29 is 18.3 Å². The van der Waals surface area contributed by atoms with Crippen LogP contribution in [0.1, 0.15) is 23.5 Å². The molecule has 1 fully saturated rings. The Morgan fingerprint density at radius 1 is 1.25 bits per heavy atom. The van der Waals surface area contributed by atoms with Crippen LogP contribution in [0, 0.1) is 11.6 Å². The number of nitrogens with one attached hydrogen (secondary N) is 2. The van der Waals surface area contributed by atoms with Crippen LogP contribution in [-0.4, -0.2) is 32.1 Å². The van der Waals surface area contributed by atoms with Crippen molar-refractivity contribution in [3.63, 3.8) is 0 Å². The molecule has 1 aliphatic heterocycles. The summed E-state index contributed by atoms with van der Waals surface area (Å²) in [5, 5.41) is 6.76. The largest absolute Gasteiger partial charge is 0.496 e. The van der Waals surface area contributed by atoms with E-state index >= 15 is 0 Å². The third-order valence-corrected chi connectivity index (χ3v) is 5.03. The molecule has 2 atom stereocenters. The number of rotatable bonds is 5. The highest BCUT2D eigenvalue weighted by Crippen LogP contribution is 2.28. The second-order valence-electron chi connectivity index (χ2n) is 6.58. The molecule has 0 aromatic heterocycles. The van der Waals surface area contributed by atoms with E-state index in [0.717, 1.165) is 19.0 Å². The third-order valence-electron chi connectivity index (χ3n) is 4.79. The Hall–Kier alpha value is -1.89. The van der Waals surface area contributed by atoms with E-state index in [4.69, 9.17) is 16.3 Å². The van der Waals surface area contributed by atoms with Crippen molar-refractivity contribution in [3.8, 4) is 5.75 Å². The quantitative estimate of drug-likeness (QED) is 0.756. The van der Waals surface area contributed by atoms with Gasteiger partial charge < -0.3 is 15.4 Å². The lowest BCUT2D eigenvalue weighted by Crippen LogP contribution is -2.50. The standard InChI is InChI=1S/C20H21ClF2N2O2.ClH/c1-27-19-5-3-14(21)8-13(19)10-20(26)25-18-11-24-7-6-15(18)12-2-4-16(22)17(23)9-12;/h2-5,8-9,15,18,24H,6-7,10-11H2,1H3,(H,25,26);1H. The molecule has 2 aromatic rings. The minimum atomic E-state index is -0.875. The molecule has 2 unspecified atom stereocenters. The fourth-order valence-electron chi connectivity index (χ4n) is 3.47. The Kier molecular flexibility index (Phi) is 8.04. The van der Waals surface area contributed by atoms with Gasteiger partial charge in [-0.25, -0.2) is 8.78 Å². The number of benzene rings is 2. The predicted octanol–water partition coefficient (Wildman–Crippen LogP) is 3.85. The highest BCUT2D eigenvalue weighted by atomic mass is 35.5. The van der Waals surface area contributed by atoms with Gasteiger partial charge in [-0.2, -0.15) is 0 Å². The van der Waals surface area contributed by atoms with Gasteiger partial charge in [0.15, 0.2) is 11.6 Å². The first-order valence-corrected chi connectivity index (χ1v) is 9.13. The highest BCUT2D eigenvalue weighted by molar-refractivity contribution is 6.30. The summed E-state index contributed by atoms with van der Waals surface area (Å²) in [6, 6.07) is 8.82. The molecule has 1 heterocycles. The van der Waals surface area contributed by atoms with Gasteiger partial charge in [0, 0.05) is 29.1 Å². The molecule has 28 heavy (non-hydrogen) atoms. The van der Waals surface area contributed by atoms with Gasteiger partial charge in [-0.1, -0.05) is 17.7 Å². The molecule has 1 saturated heterocycles. The number of carbonyl (C=O) groups is 1. The third kappa shape index (κ3) is 5.34. The zero-order chi connectivity index (χ0) is 19.4. The normalized spacial score (nSPS) is 18.9. The van der Waals surface area contributed by atoms with Crippen LogP contribution in [0.3, 0.4) is 0 Å². The number of ether oxygens (including phenoxy) is 1. The average molecular weight is 431 g/mol.